The van der Waals surface area contributed by atoms with Crippen LogP contribution < -0.4 is 11.3 Å². The second-order valence-corrected chi connectivity index (χ2v) is 2.65. The zero-order valence-electron chi connectivity index (χ0n) is 6.57. The number of nitrogens with two attached hydrogens (primary N) is 1. The van der Waals surface area contributed by atoms with E-state index in [-0.39, 0.29) is 6.04 Å². The van der Waals surface area contributed by atoms with E-state index in [2.05, 4.69) is 0 Å². The summed E-state index contributed by atoms with van der Waals surface area (Å²) < 4.78 is 11.6. The lowest BCUT2D eigenvalue weighted by Gasteiger charge is -2.05. The van der Waals surface area contributed by atoms with Crippen molar-refractivity contribution in [3.05, 3.63) is 0 Å². The Morgan fingerprint density at radius 2 is 2.10 bits per heavy atom. The Labute approximate surface area is 61.9 Å². The van der Waals surface area contributed by atoms with Crippen LogP contribution in [0.25, 0.3) is 0 Å². The Morgan fingerprint density at radius 1 is 1.40 bits per heavy atom. The maximum atomic E-state index is 11.6. The summed E-state index contributed by atoms with van der Waals surface area (Å²) in [4.78, 5) is 0. The molecule has 1 unspecified atom stereocenters. The summed E-state index contributed by atoms with van der Waals surface area (Å²) in [7, 11) is 0. The van der Waals surface area contributed by atoms with Crippen LogP contribution in [-0.2, 0) is 0 Å². The fourth-order valence-corrected chi connectivity index (χ4v) is 0.826. The summed E-state index contributed by atoms with van der Waals surface area (Å²) in [6.45, 7) is 2.58. The molecule has 0 heterocycles. The summed E-state index contributed by atoms with van der Waals surface area (Å²) in [5.74, 6) is 0. The largest absolute Gasteiger partial charge is 0.330 e. The van der Waals surface area contributed by atoms with Crippen LogP contribution in [0.1, 0.15) is 32.6 Å². The molecule has 62 valence electrons. The summed E-state index contributed by atoms with van der Waals surface area (Å²) in [6, 6.07) is -0.00206. The van der Waals surface area contributed by atoms with Gasteiger partial charge in [-0.3, -0.25) is 0 Å². The van der Waals surface area contributed by atoms with Crippen molar-refractivity contribution in [1.29, 1.82) is 0 Å². The van der Waals surface area contributed by atoms with Crippen molar-refractivity contribution in [2.45, 2.75) is 38.6 Å². The van der Waals surface area contributed by atoms with Crippen molar-refractivity contribution in [2.24, 2.45) is 5.73 Å². The average Bonchev–Trinajstić information content (AvgIpc) is 1.98. The van der Waals surface area contributed by atoms with Crippen molar-refractivity contribution < 1.29 is 4.48 Å². The molecule has 0 spiro atoms. The van der Waals surface area contributed by atoms with Crippen molar-refractivity contribution in [2.75, 3.05) is 6.54 Å². The molecule has 3 heteroatoms. The zero-order chi connectivity index (χ0) is 7.82. The van der Waals surface area contributed by atoms with Crippen LogP contribution in [0.4, 0.5) is 4.48 Å². The summed E-state index contributed by atoms with van der Waals surface area (Å²) >= 11 is 0. The molecule has 0 aliphatic carbocycles. The summed E-state index contributed by atoms with van der Waals surface area (Å²) in [5, 5.41) is 0. The molecule has 0 aromatic rings. The highest BCUT2D eigenvalue weighted by molar-refractivity contribution is 4.54. The molecule has 0 radical (unpaired) electrons. The second kappa shape index (κ2) is 6.96. The predicted molar refractivity (Wildman–Crippen MR) is 41.2 cm³/mol. The van der Waals surface area contributed by atoms with Crippen molar-refractivity contribution >= 4 is 0 Å². The highest BCUT2D eigenvalue weighted by Gasteiger charge is 1.97. The van der Waals surface area contributed by atoms with Gasteiger partial charge in [0.15, 0.2) is 0 Å². The van der Waals surface area contributed by atoms with Gasteiger partial charge in [0.1, 0.15) is 0 Å². The van der Waals surface area contributed by atoms with Crippen LogP contribution >= 0.6 is 0 Å². The normalized spacial score (nSPS) is 13.5. The van der Waals surface area contributed by atoms with Crippen LogP contribution in [-0.4, -0.2) is 12.6 Å². The van der Waals surface area contributed by atoms with Gasteiger partial charge >= 0.3 is 0 Å². The number of unbranched alkanes of at least 4 members (excludes halogenated alkanes) is 2. The Hall–Kier alpha value is -0.150. The number of rotatable bonds is 6. The third-order valence-electron chi connectivity index (χ3n) is 1.53. The van der Waals surface area contributed by atoms with Gasteiger partial charge in [-0.1, -0.05) is 12.8 Å². The van der Waals surface area contributed by atoms with Gasteiger partial charge in [0.25, 0.3) is 0 Å². The highest BCUT2D eigenvalue weighted by atomic mass is 19.2. The SMILES string of the molecule is CC(CCCCCN)NF. The number of hydrogen-bond donors (Lipinski definition) is 2. The summed E-state index contributed by atoms with van der Waals surface area (Å²) in [5.41, 5.74) is 7.00. The van der Waals surface area contributed by atoms with Gasteiger partial charge in [-0.05, 0) is 26.3 Å². The van der Waals surface area contributed by atoms with E-state index in [1.807, 2.05) is 6.92 Å². The molecule has 2 nitrogen and oxygen atoms in total. The smallest absolute Gasteiger partial charge is 0.0343 e. The van der Waals surface area contributed by atoms with E-state index in [9.17, 15) is 4.48 Å². The molecule has 0 saturated heterocycles. The van der Waals surface area contributed by atoms with Crippen molar-refractivity contribution in [3.8, 4) is 0 Å². The third-order valence-corrected chi connectivity index (χ3v) is 1.53. The first-order chi connectivity index (χ1) is 4.81. The van der Waals surface area contributed by atoms with Gasteiger partial charge < -0.3 is 5.73 Å². The zero-order valence-corrected chi connectivity index (χ0v) is 6.57. The van der Waals surface area contributed by atoms with Gasteiger partial charge in [0, 0.05) is 6.04 Å². The van der Waals surface area contributed by atoms with E-state index < -0.39 is 0 Å². The van der Waals surface area contributed by atoms with Crippen LogP contribution in [0.5, 0.6) is 0 Å². The minimum absolute atomic E-state index is 0.00206. The first kappa shape index (κ1) is 9.85. The van der Waals surface area contributed by atoms with E-state index in [1.54, 1.807) is 5.54 Å². The van der Waals surface area contributed by atoms with E-state index >= 15 is 0 Å². The molecule has 10 heavy (non-hydrogen) atoms. The molecule has 3 N–H and O–H groups in total. The molecular weight excluding hydrogens is 131 g/mol. The molecule has 0 bridgehead atoms. The first-order valence-electron chi connectivity index (χ1n) is 3.87. The molecule has 0 rings (SSSR count). The maximum absolute atomic E-state index is 11.6. The second-order valence-electron chi connectivity index (χ2n) is 2.65. The van der Waals surface area contributed by atoms with E-state index in [0.717, 1.165) is 32.2 Å². The molecule has 1 atom stereocenters. The molecule has 0 amide bonds. The van der Waals surface area contributed by atoms with Crippen LogP contribution in [0.3, 0.4) is 0 Å². The predicted octanol–water partition coefficient (Wildman–Crippen LogP) is 1.37. The molecule has 0 saturated carbocycles. The first-order valence-corrected chi connectivity index (χ1v) is 3.87. The Balaban J connectivity index is 2.89. The van der Waals surface area contributed by atoms with Gasteiger partial charge in [0.2, 0.25) is 0 Å². The van der Waals surface area contributed by atoms with Gasteiger partial charge in [-0.15, -0.1) is 4.48 Å². The maximum Gasteiger partial charge on any atom is 0.0343 e. The molecular formula is C7H17FN2. The molecule has 0 fully saturated rings. The van der Waals surface area contributed by atoms with E-state index in [1.165, 1.54) is 0 Å². The van der Waals surface area contributed by atoms with Crippen LogP contribution in [0.2, 0.25) is 0 Å². The minimum Gasteiger partial charge on any atom is -0.330 e. The fraction of sp³-hybridized carbons (Fsp3) is 1.00. The summed E-state index contributed by atoms with van der Waals surface area (Å²) in [6.07, 6.45) is 4.13. The Kier molecular flexibility index (Phi) is 6.86. The number of hydrogen-bond acceptors (Lipinski definition) is 2. The average molecular weight is 148 g/mol. The third kappa shape index (κ3) is 5.98. The molecule has 0 aromatic heterocycles. The minimum atomic E-state index is -0.00206. The standard InChI is InChI=1S/C7H17FN2/c1-7(10-8)5-3-2-4-6-9/h7,10H,2-6,9H2,1H3. The lowest BCUT2D eigenvalue weighted by molar-refractivity contribution is 0.269. The number of halogens is 1. The topological polar surface area (TPSA) is 38.0 Å². The Bertz CT molecular complexity index is 68.6. The van der Waals surface area contributed by atoms with Gasteiger partial charge in [0.05, 0.1) is 0 Å². The van der Waals surface area contributed by atoms with Crippen LogP contribution in [0, 0.1) is 0 Å². The molecule has 0 aromatic carbocycles. The quantitative estimate of drug-likeness (QED) is 0.441. The highest BCUT2D eigenvalue weighted by Crippen LogP contribution is 2.01. The Morgan fingerprint density at radius 3 is 2.60 bits per heavy atom. The lowest BCUT2D eigenvalue weighted by Crippen LogP contribution is -2.16. The van der Waals surface area contributed by atoms with Gasteiger partial charge in [-0.25, -0.2) is 0 Å². The number of nitrogens with one attached hydrogen (secondary N) is 1. The molecule has 0 aliphatic rings. The molecule has 0 aliphatic heterocycles. The van der Waals surface area contributed by atoms with Crippen molar-refractivity contribution in [3.63, 3.8) is 0 Å². The fourth-order valence-electron chi connectivity index (χ4n) is 0.826. The monoisotopic (exact) mass is 148 g/mol. The van der Waals surface area contributed by atoms with E-state index in [4.69, 9.17) is 5.73 Å². The van der Waals surface area contributed by atoms with Gasteiger partial charge in [-0.2, -0.15) is 5.54 Å². The van der Waals surface area contributed by atoms with E-state index in [0.29, 0.717) is 0 Å². The van der Waals surface area contributed by atoms with Crippen molar-refractivity contribution in [1.82, 2.24) is 5.54 Å². The van der Waals surface area contributed by atoms with Crippen LogP contribution in [0.15, 0.2) is 0 Å². The lowest BCUT2D eigenvalue weighted by atomic mass is 10.1.